The number of benzene rings is 1. The molecule has 7 heteroatoms. The maximum absolute atomic E-state index is 14.4. The Kier molecular flexibility index (Phi) is 5.25. The first-order valence-electron chi connectivity index (χ1n) is 10.1. The minimum Gasteiger partial charge on any atom is -0.240 e. The first-order chi connectivity index (χ1) is 14.5. The number of nitriles is 1. The van der Waals surface area contributed by atoms with Gasteiger partial charge in [0.25, 0.3) is 0 Å². The van der Waals surface area contributed by atoms with Gasteiger partial charge in [0.2, 0.25) is 0 Å². The zero-order valence-electron chi connectivity index (χ0n) is 16.9. The van der Waals surface area contributed by atoms with Crippen LogP contribution in [0, 0.1) is 23.0 Å². The van der Waals surface area contributed by atoms with Crippen molar-refractivity contribution in [2.45, 2.75) is 50.9 Å². The van der Waals surface area contributed by atoms with E-state index in [0.717, 1.165) is 36.9 Å². The van der Waals surface area contributed by atoms with Crippen LogP contribution in [0.4, 0.5) is 8.78 Å². The third-order valence-electron chi connectivity index (χ3n) is 6.04. The van der Waals surface area contributed by atoms with Crippen LogP contribution in [-0.2, 0) is 5.41 Å². The molecule has 0 amide bonds. The van der Waals surface area contributed by atoms with E-state index in [9.17, 15) is 14.0 Å². The molecule has 0 spiro atoms. The summed E-state index contributed by atoms with van der Waals surface area (Å²) < 4.78 is 28.7. The molecule has 2 heterocycles. The van der Waals surface area contributed by atoms with Crippen LogP contribution in [-0.4, -0.2) is 20.2 Å². The van der Waals surface area contributed by atoms with E-state index in [1.165, 1.54) is 18.2 Å². The molecule has 0 N–H and O–H groups in total. The molecule has 1 atom stereocenters. The van der Waals surface area contributed by atoms with Crippen molar-refractivity contribution in [2.24, 2.45) is 0 Å². The molecule has 0 bridgehead atoms. The van der Waals surface area contributed by atoms with E-state index in [4.69, 9.17) is 0 Å². The van der Waals surface area contributed by atoms with Crippen molar-refractivity contribution in [3.63, 3.8) is 0 Å². The highest BCUT2D eigenvalue weighted by Gasteiger charge is 2.46. The normalized spacial score (nSPS) is 15.8. The lowest BCUT2D eigenvalue weighted by Crippen LogP contribution is -2.40. The predicted molar refractivity (Wildman–Crippen MR) is 107 cm³/mol. The summed E-state index contributed by atoms with van der Waals surface area (Å²) in [5.41, 5.74) is 1.38. The molecule has 4 rings (SSSR count). The van der Waals surface area contributed by atoms with Crippen molar-refractivity contribution in [1.82, 2.24) is 20.2 Å². The first-order valence-corrected chi connectivity index (χ1v) is 10.1. The molecular weight excluding hydrogens is 384 g/mol. The maximum Gasteiger partial charge on any atom is 0.144 e. The lowest BCUT2D eigenvalue weighted by atomic mass is 9.64. The zero-order chi connectivity index (χ0) is 21.3. The van der Waals surface area contributed by atoms with Gasteiger partial charge >= 0.3 is 0 Å². The van der Waals surface area contributed by atoms with E-state index in [2.05, 4.69) is 40.1 Å². The summed E-state index contributed by atoms with van der Waals surface area (Å²) in [4.78, 5) is 8.88. The van der Waals surface area contributed by atoms with E-state index >= 15 is 0 Å². The molecule has 0 saturated heterocycles. The molecule has 1 aliphatic carbocycles. The standard InChI is InChI=1S/C23H21F2N5/c1-3-14(2)16-12-19(20-17(24)6-4-7-18(20)25)29-30-21(16)23(9-5-10-23)22-27-11-8-15(13-26)28-22/h4,6-8,11-12,14H,3,5,9-10H2,1-2H3/t14-/m1/s1. The van der Waals surface area contributed by atoms with Crippen LogP contribution in [0.3, 0.4) is 0 Å². The average molecular weight is 405 g/mol. The third kappa shape index (κ3) is 3.22. The van der Waals surface area contributed by atoms with Crippen LogP contribution < -0.4 is 0 Å². The van der Waals surface area contributed by atoms with Gasteiger partial charge in [0.05, 0.1) is 22.4 Å². The summed E-state index contributed by atoms with van der Waals surface area (Å²) in [6, 6.07) is 9.13. The van der Waals surface area contributed by atoms with Crippen molar-refractivity contribution < 1.29 is 8.78 Å². The molecule has 1 aliphatic rings. The van der Waals surface area contributed by atoms with Crippen molar-refractivity contribution >= 4 is 0 Å². The quantitative estimate of drug-likeness (QED) is 0.593. The molecule has 0 unspecified atom stereocenters. The van der Waals surface area contributed by atoms with Crippen LogP contribution in [0.5, 0.6) is 0 Å². The Labute approximate surface area is 173 Å². The molecular formula is C23H21F2N5. The maximum atomic E-state index is 14.4. The van der Waals surface area contributed by atoms with Gasteiger partial charge in [0.15, 0.2) is 0 Å². The number of hydrogen-bond donors (Lipinski definition) is 0. The Hall–Kier alpha value is -3.27. The molecule has 30 heavy (non-hydrogen) atoms. The molecule has 1 aromatic carbocycles. The molecule has 2 aromatic heterocycles. The summed E-state index contributed by atoms with van der Waals surface area (Å²) in [6.45, 7) is 4.11. The van der Waals surface area contributed by atoms with Crippen molar-refractivity contribution in [3.05, 3.63) is 70.9 Å². The number of rotatable bonds is 5. The van der Waals surface area contributed by atoms with Gasteiger partial charge in [0.1, 0.15) is 29.2 Å². The molecule has 1 saturated carbocycles. The second kappa shape index (κ2) is 7.86. The number of halogens is 2. The summed E-state index contributed by atoms with van der Waals surface area (Å²) in [6.07, 6.45) is 4.96. The van der Waals surface area contributed by atoms with Crippen molar-refractivity contribution in [3.8, 4) is 17.3 Å². The summed E-state index contributed by atoms with van der Waals surface area (Å²) in [5, 5.41) is 17.9. The van der Waals surface area contributed by atoms with Gasteiger partial charge in [0, 0.05) is 6.20 Å². The zero-order valence-corrected chi connectivity index (χ0v) is 16.9. The monoisotopic (exact) mass is 405 g/mol. The molecule has 152 valence electrons. The number of hydrogen-bond acceptors (Lipinski definition) is 5. The minimum atomic E-state index is -0.671. The van der Waals surface area contributed by atoms with E-state index in [1.54, 1.807) is 18.3 Å². The Bertz CT molecular complexity index is 1110. The largest absolute Gasteiger partial charge is 0.240 e. The second-order valence-electron chi connectivity index (χ2n) is 7.75. The lowest BCUT2D eigenvalue weighted by Gasteiger charge is -2.41. The average Bonchev–Trinajstić information content (AvgIpc) is 2.73. The smallest absolute Gasteiger partial charge is 0.144 e. The van der Waals surface area contributed by atoms with E-state index in [1.807, 2.05) is 0 Å². The van der Waals surface area contributed by atoms with Crippen LogP contribution in [0.1, 0.15) is 68.2 Å². The fourth-order valence-electron chi connectivity index (χ4n) is 3.99. The molecule has 0 radical (unpaired) electrons. The summed E-state index contributed by atoms with van der Waals surface area (Å²) in [7, 11) is 0. The van der Waals surface area contributed by atoms with Crippen LogP contribution >= 0.6 is 0 Å². The van der Waals surface area contributed by atoms with Gasteiger partial charge in [-0.2, -0.15) is 10.4 Å². The highest BCUT2D eigenvalue weighted by molar-refractivity contribution is 5.62. The Balaban J connectivity index is 1.90. The van der Waals surface area contributed by atoms with E-state index in [0.29, 0.717) is 11.5 Å². The predicted octanol–water partition coefficient (Wildman–Crippen LogP) is 5.07. The lowest BCUT2D eigenvalue weighted by molar-refractivity contribution is 0.272. The summed E-state index contributed by atoms with van der Waals surface area (Å²) in [5.74, 6) is -0.691. The Morgan fingerprint density at radius 2 is 1.90 bits per heavy atom. The van der Waals surface area contributed by atoms with Gasteiger partial charge in [-0.05, 0) is 55.0 Å². The highest BCUT2D eigenvalue weighted by atomic mass is 19.1. The van der Waals surface area contributed by atoms with Crippen LogP contribution in [0.15, 0.2) is 36.5 Å². The topological polar surface area (TPSA) is 75.3 Å². The van der Waals surface area contributed by atoms with E-state index in [-0.39, 0.29) is 17.2 Å². The minimum absolute atomic E-state index is 0.0979. The van der Waals surface area contributed by atoms with Crippen molar-refractivity contribution in [2.75, 3.05) is 0 Å². The van der Waals surface area contributed by atoms with Crippen LogP contribution in [0.2, 0.25) is 0 Å². The molecule has 3 aromatic rings. The van der Waals surface area contributed by atoms with Gasteiger partial charge in [-0.15, -0.1) is 5.10 Å². The van der Waals surface area contributed by atoms with Gasteiger partial charge in [-0.3, -0.25) is 0 Å². The fraction of sp³-hybridized carbons (Fsp3) is 0.348. The Morgan fingerprint density at radius 1 is 1.17 bits per heavy atom. The third-order valence-corrected chi connectivity index (χ3v) is 6.04. The SMILES string of the molecule is CC[C@@H](C)c1cc(-c2c(F)cccc2F)nnc1C1(c2nccc(C#N)n2)CCC1. The molecule has 5 nitrogen and oxygen atoms in total. The second-order valence-corrected chi connectivity index (χ2v) is 7.75. The molecule has 0 aliphatic heterocycles. The van der Waals surface area contributed by atoms with Gasteiger partial charge in [-0.1, -0.05) is 26.3 Å². The van der Waals surface area contributed by atoms with Gasteiger partial charge in [-0.25, -0.2) is 18.7 Å². The first kappa shape index (κ1) is 20.0. The van der Waals surface area contributed by atoms with Crippen molar-refractivity contribution in [1.29, 1.82) is 5.26 Å². The number of aromatic nitrogens is 4. The van der Waals surface area contributed by atoms with E-state index < -0.39 is 17.0 Å². The summed E-state index contributed by atoms with van der Waals surface area (Å²) >= 11 is 0. The highest BCUT2D eigenvalue weighted by Crippen LogP contribution is 2.49. The van der Waals surface area contributed by atoms with Gasteiger partial charge < -0.3 is 0 Å². The Morgan fingerprint density at radius 3 is 2.50 bits per heavy atom. The fourth-order valence-corrected chi connectivity index (χ4v) is 3.99. The number of nitrogens with zero attached hydrogens (tertiary/aromatic N) is 5. The molecule has 1 fully saturated rings. The van der Waals surface area contributed by atoms with Crippen LogP contribution in [0.25, 0.3) is 11.3 Å².